The van der Waals surface area contributed by atoms with Crippen LogP contribution in [0.5, 0.6) is 0 Å². The van der Waals surface area contributed by atoms with Crippen molar-refractivity contribution < 1.29 is 9.21 Å². The van der Waals surface area contributed by atoms with Crippen LogP contribution < -0.4 is 16.3 Å². The summed E-state index contributed by atoms with van der Waals surface area (Å²) in [5, 5.41) is 5.98. The molecule has 146 valence electrons. The first-order valence-corrected chi connectivity index (χ1v) is 9.45. The zero-order valence-corrected chi connectivity index (χ0v) is 16.6. The van der Waals surface area contributed by atoms with Crippen LogP contribution in [0, 0.1) is 19.8 Å². The highest BCUT2D eigenvalue weighted by Crippen LogP contribution is 2.11. The minimum atomic E-state index is -0.562. The predicted molar refractivity (Wildman–Crippen MR) is 107 cm³/mol. The highest BCUT2D eigenvalue weighted by Gasteiger charge is 2.16. The smallest absolute Gasteiger partial charge is 0.349 e. The lowest BCUT2D eigenvalue weighted by Gasteiger charge is -2.09. The van der Waals surface area contributed by atoms with Gasteiger partial charge in [-0.05, 0) is 55.9 Å². The van der Waals surface area contributed by atoms with E-state index in [0.29, 0.717) is 36.8 Å². The molecule has 2 heterocycles. The van der Waals surface area contributed by atoms with E-state index < -0.39 is 5.63 Å². The summed E-state index contributed by atoms with van der Waals surface area (Å²) in [5.41, 5.74) is 1.30. The van der Waals surface area contributed by atoms with Gasteiger partial charge in [0.05, 0.1) is 0 Å². The number of carbonyl (C=O) groups is 1. The largest absolute Gasteiger partial charge is 0.427 e. The van der Waals surface area contributed by atoms with Crippen molar-refractivity contribution in [1.82, 2.24) is 10.3 Å². The molecule has 1 amide bonds. The Morgan fingerprint density at radius 1 is 1.22 bits per heavy atom. The summed E-state index contributed by atoms with van der Waals surface area (Å²) in [5.74, 6) is 1.59. The molecule has 2 aromatic rings. The summed E-state index contributed by atoms with van der Waals surface area (Å²) < 4.78 is 5.32. The molecule has 0 radical (unpaired) electrons. The van der Waals surface area contributed by atoms with Gasteiger partial charge < -0.3 is 15.1 Å². The van der Waals surface area contributed by atoms with Gasteiger partial charge in [0, 0.05) is 25.7 Å². The predicted octanol–water partition coefficient (Wildman–Crippen LogP) is 3.47. The number of amides is 1. The van der Waals surface area contributed by atoms with Crippen LogP contribution in [0.4, 0.5) is 5.82 Å². The Morgan fingerprint density at radius 2 is 2.00 bits per heavy atom. The average molecular weight is 371 g/mol. The van der Waals surface area contributed by atoms with Crippen molar-refractivity contribution >= 4 is 11.7 Å². The van der Waals surface area contributed by atoms with Crippen molar-refractivity contribution in [3.05, 3.63) is 57.3 Å². The maximum Gasteiger partial charge on any atom is 0.349 e. The molecule has 2 N–H and O–H groups in total. The molecule has 0 fully saturated rings. The third-order valence-electron chi connectivity index (χ3n) is 4.25. The molecule has 0 saturated heterocycles. The molecule has 2 rings (SSSR count). The Kier molecular flexibility index (Phi) is 7.58. The Morgan fingerprint density at radius 3 is 2.63 bits per heavy atom. The number of nitrogens with one attached hydrogen (secondary N) is 2. The van der Waals surface area contributed by atoms with Crippen LogP contribution in [0.25, 0.3) is 0 Å². The summed E-state index contributed by atoms with van der Waals surface area (Å²) in [6.07, 6.45) is 4.17. The molecule has 0 aromatic carbocycles. The van der Waals surface area contributed by atoms with Crippen LogP contribution >= 0.6 is 0 Å². The van der Waals surface area contributed by atoms with Gasteiger partial charge in [-0.1, -0.05) is 19.9 Å². The second kappa shape index (κ2) is 9.90. The van der Waals surface area contributed by atoms with E-state index in [4.69, 9.17) is 4.42 Å². The Hall–Kier alpha value is -2.63. The first kappa shape index (κ1) is 20.7. The van der Waals surface area contributed by atoms with Crippen LogP contribution in [0.15, 0.2) is 33.6 Å². The number of aromatic nitrogens is 1. The second-order valence-corrected chi connectivity index (χ2v) is 7.25. The number of pyridine rings is 1. The summed E-state index contributed by atoms with van der Waals surface area (Å²) in [6.45, 7) is 9.15. The van der Waals surface area contributed by atoms with Gasteiger partial charge in [0.2, 0.25) is 0 Å². The van der Waals surface area contributed by atoms with Gasteiger partial charge in [-0.15, -0.1) is 0 Å². The molecule has 0 atom stereocenters. The van der Waals surface area contributed by atoms with Crippen molar-refractivity contribution in [2.24, 2.45) is 5.92 Å². The number of anilines is 1. The van der Waals surface area contributed by atoms with Gasteiger partial charge in [-0.25, -0.2) is 9.78 Å². The molecule has 0 aliphatic carbocycles. The highest BCUT2D eigenvalue weighted by molar-refractivity contribution is 5.95. The van der Waals surface area contributed by atoms with Crippen LogP contribution in [0.2, 0.25) is 0 Å². The van der Waals surface area contributed by atoms with Crippen LogP contribution in [0.3, 0.4) is 0 Å². The lowest BCUT2D eigenvalue weighted by molar-refractivity contribution is 0.0948. The summed E-state index contributed by atoms with van der Waals surface area (Å²) >= 11 is 0. The molecule has 0 spiro atoms. The van der Waals surface area contributed by atoms with Gasteiger partial charge in [0.25, 0.3) is 5.91 Å². The van der Waals surface area contributed by atoms with E-state index in [2.05, 4.69) is 29.5 Å². The van der Waals surface area contributed by atoms with Crippen LogP contribution in [0.1, 0.15) is 53.9 Å². The van der Waals surface area contributed by atoms with E-state index in [1.54, 1.807) is 19.2 Å². The minimum Gasteiger partial charge on any atom is -0.427 e. The third kappa shape index (κ3) is 6.55. The van der Waals surface area contributed by atoms with E-state index in [-0.39, 0.29) is 11.5 Å². The maximum absolute atomic E-state index is 12.3. The number of hydrogen-bond donors (Lipinski definition) is 2. The minimum absolute atomic E-state index is 0.0939. The topological polar surface area (TPSA) is 84.2 Å². The normalized spacial score (nSPS) is 10.9. The summed E-state index contributed by atoms with van der Waals surface area (Å²) in [7, 11) is 0. The lowest BCUT2D eigenvalue weighted by Crippen LogP contribution is -2.31. The van der Waals surface area contributed by atoms with Crippen molar-refractivity contribution in [1.29, 1.82) is 0 Å². The SMILES string of the molecule is Cc1ccc(NCCCNC(=O)c2c(C)cc(CCC(C)C)oc2=O)nc1. The van der Waals surface area contributed by atoms with E-state index in [9.17, 15) is 9.59 Å². The third-order valence-corrected chi connectivity index (χ3v) is 4.25. The van der Waals surface area contributed by atoms with Crippen molar-refractivity contribution in [3.63, 3.8) is 0 Å². The quantitative estimate of drug-likeness (QED) is 0.659. The number of rotatable bonds is 9. The van der Waals surface area contributed by atoms with Gasteiger partial charge in [0.15, 0.2) is 0 Å². The van der Waals surface area contributed by atoms with Crippen LogP contribution in [-0.2, 0) is 6.42 Å². The maximum atomic E-state index is 12.3. The fraction of sp³-hybridized carbons (Fsp3) is 0.476. The van der Waals surface area contributed by atoms with Gasteiger partial charge in [-0.2, -0.15) is 0 Å². The summed E-state index contributed by atoms with van der Waals surface area (Å²) in [6, 6.07) is 5.70. The molecule has 6 nitrogen and oxygen atoms in total. The molecule has 0 saturated carbocycles. The van der Waals surface area contributed by atoms with Crippen molar-refractivity contribution in [2.75, 3.05) is 18.4 Å². The van der Waals surface area contributed by atoms with Crippen LogP contribution in [-0.4, -0.2) is 24.0 Å². The Labute approximate surface area is 160 Å². The molecule has 0 aliphatic rings. The van der Waals surface area contributed by atoms with Gasteiger partial charge in [0.1, 0.15) is 17.1 Å². The van der Waals surface area contributed by atoms with Crippen molar-refractivity contribution in [3.8, 4) is 0 Å². The number of nitrogens with zero attached hydrogens (tertiary/aromatic N) is 1. The van der Waals surface area contributed by atoms with Gasteiger partial charge >= 0.3 is 5.63 Å². The molecular weight excluding hydrogens is 342 g/mol. The standard InChI is InChI=1S/C21H29N3O3/c1-14(2)6-8-17-12-16(4)19(21(26)27-17)20(25)23-11-5-10-22-18-9-7-15(3)13-24-18/h7,9,12-14H,5-6,8,10-11H2,1-4H3,(H,22,24)(H,23,25). The zero-order valence-electron chi connectivity index (χ0n) is 16.6. The molecule has 2 aromatic heterocycles. The average Bonchev–Trinajstić information content (AvgIpc) is 2.60. The molecule has 6 heteroatoms. The highest BCUT2D eigenvalue weighted by atomic mass is 16.4. The number of aryl methyl sites for hydroxylation is 3. The zero-order chi connectivity index (χ0) is 19.8. The first-order valence-electron chi connectivity index (χ1n) is 9.45. The number of hydrogen-bond acceptors (Lipinski definition) is 5. The Bertz CT molecular complexity index is 810. The Balaban J connectivity index is 1.82. The van der Waals surface area contributed by atoms with E-state index in [0.717, 1.165) is 24.2 Å². The number of carbonyl (C=O) groups excluding carboxylic acids is 1. The fourth-order valence-corrected chi connectivity index (χ4v) is 2.67. The molecule has 0 unspecified atom stereocenters. The molecular formula is C21H29N3O3. The fourth-order valence-electron chi connectivity index (χ4n) is 2.67. The molecule has 0 aliphatic heterocycles. The van der Waals surface area contributed by atoms with E-state index in [1.807, 2.05) is 19.1 Å². The molecule has 27 heavy (non-hydrogen) atoms. The second-order valence-electron chi connectivity index (χ2n) is 7.25. The van der Waals surface area contributed by atoms with E-state index >= 15 is 0 Å². The van der Waals surface area contributed by atoms with E-state index in [1.165, 1.54) is 0 Å². The monoisotopic (exact) mass is 371 g/mol. The van der Waals surface area contributed by atoms with Gasteiger partial charge in [-0.3, -0.25) is 4.79 Å². The van der Waals surface area contributed by atoms with Crippen molar-refractivity contribution in [2.45, 2.75) is 47.0 Å². The lowest BCUT2D eigenvalue weighted by atomic mass is 10.0. The summed E-state index contributed by atoms with van der Waals surface area (Å²) in [4.78, 5) is 28.8. The molecule has 0 bridgehead atoms. The first-order chi connectivity index (χ1) is 12.9.